The molecule has 6 nitrogen and oxygen atoms in total. The third-order valence-corrected chi connectivity index (χ3v) is 8.54. The SMILES string of the molecule is CCN(C1CCC(OCCCCCCN(C)CCOC)CC1)S(=O)(=O)c1ccc(Cl)cc1. The first-order valence-electron chi connectivity index (χ1n) is 11.9. The highest BCUT2D eigenvalue weighted by molar-refractivity contribution is 7.89. The Balaban J connectivity index is 1.65. The second kappa shape index (κ2) is 14.5. The summed E-state index contributed by atoms with van der Waals surface area (Å²) in [6, 6.07) is 6.48. The van der Waals surface area contributed by atoms with E-state index in [2.05, 4.69) is 11.9 Å². The van der Waals surface area contributed by atoms with Crippen LogP contribution in [0.4, 0.5) is 0 Å². The van der Waals surface area contributed by atoms with Crippen LogP contribution in [0.15, 0.2) is 29.2 Å². The van der Waals surface area contributed by atoms with Crippen LogP contribution in [-0.4, -0.2) is 76.8 Å². The van der Waals surface area contributed by atoms with Crippen molar-refractivity contribution in [1.29, 1.82) is 0 Å². The van der Waals surface area contributed by atoms with E-state index < -0.39 is 10.0 Å². The number of methoxy groups -OCH3 is 1. The normalized spacial score (nSPS) is 19.7. The molecule has 0 bridgehead atoms. The highest BCUT2D eigenvalue weighted by Gasteiger charge is 2.33. The Labute approximate surface area is 200 Å². The number of hydrogen-bond acceptors (Lipinski definition) is 5. The Hall–Kier alpha value is -0.700. The van der Waals surface area contributed by atoms with Gasteiger partial charge in [0.2, 0.25) is 10.0 Å². The molecule has 0 amide bonds. The molecular formula is C24H41ClN2O4S. The standard InChI is InChI=1S/C24H41ClN2O4S/c1-4-27(32(28,29)24-15-9-21(25)10-16-24)22-11-13-23(14-12-22)31-19-8-6-5-7-17-26(2)18-20-30-3/h9-10,15-16,22-23H,4-8,11-14,17-20H2,1-3H3. The van der Waals surface area contributed by atoms with E-state index in [0.29, 0.717) is 16.5 Å². The first-order valence-corrected chi connectivity index (χ1v) is 13.8. The maximum absolute atomic E-state index is 13.1. The van der Waals surface area contributed by atoms with Crippen molar-refractivity contribution in [2.45, 2.75) is 75.3 Å². The molecule has 2 rings (SSSR count). The number of sulfonamides is 1. The molecule has 0 saturated heterocycles. The van der Waals surface area contributed by atoms with Gasteiger partial charge in [-0.05, 0) is 76.4 Å². The molecule has 0 N–H and O–H groups in total. The molecule has 0 atom stereocenters. The minimum Gasteiger partial charge on any atom is -0.383 e. The van der Waals surface area contributed by atoms with Crippen molar-refractivity contribution < 1.29 is 17.9 Å². The van der Waals surface area contributed by atoms with Gasteiger partial charge in [0.15, 0.2) is 0 Å². The Morgan fingerprint density at radius 3 is 2.25 bits per heavy atom. The number of rotatable bonds is 15. The third-order valence-electron chi connectivity index (χ3n) is 6.25. The molecule has 0 radical (unpaired) electrons. The summed E-state index contributed by atoms with van der Waals surface area (Å²) in [6.07, 6.45) is 8.50. The number of ether oxygens (including phenoxy) is 2. The number of halogens is 1. The van der Waals surface area contributed by atoms with Crippen LogP contribution in [0.2, 0.25) is 5.02 Å². The summed E-state index contributed by atoms with van der Waals surface area (Å²) in [5.41, 5.74) is 0. The van der Waals surface area contributed by atoms with Gasteiger partial charge in [-0.1, -0.05) is 31.4 Å². The van der Waals surface area contributed by atoms with E-state index in [1.54, 1.807) is 35.7 Å². The molecular weight excluding hydrogens is 448 g/mol. The van der Waals surface area contributed by atoms with E-state index in [0.717, 1.165) is 58.4 Å². The second-order valence-corrected chi connectivity index (χ2v) is 11.0. The van der Waals surface area contributed by atoms with Gasteiger partial charge in [0, 0.05) is 37.9 Å². The maximum Gasteiger partial charge on any atom is 0.243 e. The quantitative estimate of drug-likeness (QED) is 0.331. The highest BCUT2D eigenvalue weighted by Crippen LogP contribution is 2.29. The van der Waals surface area contributed by atoms with Crippen molar-refractivity contribution in [2.75, 3.05) is 47.0 Å². The fraction of sp³-hybridized carbons (Fsp3) is 0.750. The van der Waals surface area contributed by atoms with Crippen LogP contribution in [0.25, 0.3) is 0 Å². The predicted molar refractivity (Wildman–Crippen MR) is 131 cm³/mol. The van der Waals surface area contributed by atoms with Crippen molar-refractivity contribution in [3.63, 3.8) is 0 Å². The second-order valence-electron chi connectivity index (χ2n) is 8.67. The van der Waals surface area contributed by atoms with Crippen LogP contribution in [-0.2, 0) is 19.5 Å². The smallest absolute Gasteiger partial charge is 0.243 e. The van der Waals surface area contributed by atoms with Gasteiger partial charge in [-0.3, -0.25) is 0 Å². The number of benzene rings is 1. The van der Waals surface area contributed by atoms with Gasteiger partial charge in [0.25, 0.3) is 0 Å². The minimum absolute atomic E-state index is 0.0376. The van der Waals surface area contributed by atoms with Gasteiger partial charge in [0.1, 0.15) is 0 Å². The van der Waals surface area contributed by atoms with E-state index in [1.807, 2.05) is 6.92 Å². The molecule has 0 spiro atoms. The summed E-state index contributed by atoms with van der Waals surface area (Å²) in [5.74, 6) is 0. The molecule has 1 aliphatic rings. The largest absolute Gasteiger partial charge is 0.383 e. The molecule has 0 aliphatic heterocycles. The van der Waals surface area contributed by atoms with Crippen molar-refractivity contribution in [2.24, 2.45) is 0 Å². The van der Waals surface area contributed by atoms with E-state index >= 15 is 0 Å². The molecule has 0 heterocycles. The van der Waals surface area contributed by atoms with Crippen LogP contribution < -0.4 is 0 Å². The molecule has 32 heavy (non-hydrogen) atoms. The van der Waals surface area contributed by atoms with E-state index in [4.69, 9.17) is 21.1 Å². The average Bonchev–Trinajstić information content (AvgIpc) is 2.78. The fourth-order valence-electron chi connectivity index (χ4n) is 4.31. The summed E-state index contributed by atoms with van der Waals surface area (Å²) in [4.78, 5) is 2.62. The molecule has 184 valence electrons. The lowest BCUT2D eigenvalue weighted by Gasteiger charge is -2.35. The summed E-state index contributed by atoms with van der Waals surface area (Å²) < 4.78 is 39.0. The molecule has 1 aromatic rings. The Bertz CT molecular complexity index is 737. The van der Waals surface area contributed by atoms with Gasteiger partial charge in [-0.2, -0.15) is 4.31 Å². The Kier molecular flexibility index (Phi) is 12.5. The van der Waals surface area contributed by atoms with Gasteiger partial charge < -0.3 is 14.4 Å². The third kappa shape index (κ3) is 8.92. The minimum atomic E-state index is -3.50. The highest BCUT2D eigenvalue weighted by atomic mass is 35.5. The Morgan fingerprint density at radius 2 is 1.62 bits per heavy atom. The maximum atomic E-state index is 13.1. The summed E-state index contributed by atoms with van der Waals surface area (Å²) in [7, 11) is 0.374. The zero-order chi connectivity index (χ0) is 23.4. The van der Waals surface area contributed by atoms with Gasteiger partial charge in [-0.25, -0.2) is 8.42 Å². The van der Waals surface area contributed by atoms with Crippen molar-refractivity contribution in [1.82, 2.24) is 9.21 Å². The van der Waals surface area contributed by atoms with Crippen molar-refractivity contribution >= 4 is 21.6 Å². The lowest BCUT2D eigenvalue weighted by Crippen LogP contribution is -2.43. The van der Waals surface area contributed by atoms with E-state index in [1.165, 1.54) is 19.3 Å². The molecule has 0 aromatic heterocycles. The van der Waals surface area contributed by atoms with E-state index in [9.17, 15) is 8.42 Å². The van der Waals surface area contributed by atoms with Gasteiger partial charge >= 0.3 is 0 Å². The van der Waals surface area contributed by atoms with Gasteiger partial charge in [-0.15, -0.1) is 0 Å². The van der Waals surface area contributed by atoms with Crippen molar-refractivity contribution in [3.05, 3.63) is 29.3 Å². The van der Waals surface area contributed by atoms with Crippen molar-refractivity contribution in [3.8, 4) is 0 Å². The summed E-state index contributed by atoms with van der Waals surface area (Å²) >= 11 is 5.92. The summed E-state index contributed by atoms with van der Waals surface area (Å²) in [5, 5.41) is 0.541. The fourth-order valence-corrected chi connectivity index (χ4v) is 6.13. The number of hydrogen-bond donors (Lipinski definition) is 0. The summed E-state index contributed by atoms with van der Waals surface area (Å²) in [6.45, 7) is 6.07. The Morgan fingerprint density at radius 1 is 0.969 bits per heavy atom. The number of unbranched alkanes of at least 4 members (excludes halogenated alkanes) is 3. The topological polar surface area (TPSA) is 59.1 Å². The van der Waals surface area contributed by atoms with Crippen LogP contribution in [0, 0.1) is 0 Å². The average molecular weight is 489 g/mol. The van der Waals surface area contributed by atoms with Crippen LogP contribution >= 0.6 is 11.6 Å². The molecule has 8 heteroatoms. The van der Waals surface area contributed by atoms with Crippen LogP contribution in [0.3, 0.4) is 0 Å². The first-order chi connectivity index (χ1) is 15.4. The number of likely N-dealkylation sites (N-methyl/N-ethyl adjacent to an activating group) is 1. The molecule has 1 aliphatic carbocycles. The van der Waals surface area contributed by atoms with E-state index in [-0.39, 0.29) is 12.1 Å². The molecule has 1 aromatic carbocycles. The zero-order valence-corrected chi connectivity index (χ0v) is 21.5. The monoisotopic (exact) mass is 488 g/mol. The number of nitrogens with zero attached hydrogens (tertiary/aromatic N) is 2. The lowest BCUT2D eigenvalue weighted by atomic mass is 9.93. The molecule has 1 saturated carbocycles. The van der Waals surface area contributed by atoms with Crippen LogP contribution in [0.1, 0.15) is 58.3 Å². The lowest BCUT2D eigenvalue weighted by molar-refractivity contribution is 0.0144. The predicted octanol–water partition coefficient (Wildman–Crippen LogP) is 4.82. The molecule has 0 unspecified atom stereocenters. The zero-order valence-electron chi connectivity index (χ0n) is 20.0. The van der Waals surface area contributed by atoms with Crippen LogP contribution in [0.5, 0.6) is 0 Å². The molecule has 1 fully saturated rings. The van der Waals surface area contributed by atoms with Gasteiger partial charge in [0.05, 0.1) is 17.6 Å². The first kappa shape index (κ1) is 27.5.